The Bertz CT molecular complexity index is 1290. The fraction of sp³-hybridized carbons (Fsp3) is 0.217. The van der Waals surface area contributed by atoms with E-state index in [1.807, 2.05) is 0 Å². The maximum atomic E-state index is 14.0. The second kappa shape index (κ2) is 8.14. The molecule has 1 atom stereocenters. The number of hydrogen-bond donors (Lipinski definition) is 2. The van der Waals surface area contributed by atoms with Crippen molar-refractivity contribution in [3.05, 3.63) is 76.9 Å². The van der Waals surface area contributed by atoms with Gasteiger partial charge in [0.05, 0.1) is 29.4 Å². The van der Waals surface area contributed by atoms with Crippen molar-refractivity contribution >= 4 is 16.8 Å². The predicted molar refractivity (Wildman–Crippen MR) is 110 cm³/mol. The second-order valence-electron chi connectivity index (χ2n) is 7.52. The molecule has 0 aliphatic rings. The van der Waals surface area contributed by atoms with Gasteiger partial charge in [-0.25, -0.2) is 4.39 Å². The second-order valence-corrected chi connectivity index (χ2v) is 7.52. The number of alkyl halides is 3. The molecule has 2 heterocycles. The number of H-pyrrole nitrogens is 1. The van der Waals surface area contributed by atoms with Gasteiger partial charge < -0.3 is 14.8 Å². The van der Waals surface area contributed by atoms with Crippen LogP contribution in [0.25, 0.3) is 22.2 Å². The Morgan fingerprint density at radius 2 is 1.94 bits per heavy atom. The van der Waals surface area contributed by atoms with Crippen LogP contribution in [0.2, 0.25) is 0 Å². The van der Waals surface area contributed by atoms with Gasteiger partial charge in [0.25, 0.3) is 0 Å². The maximum absolute atomic E-state index is 14.0. The van der Waals surface area contributed by atoms with Crippen molar-refractivity contribution in [3.63, 3.8) is 0 Å². The molecule has 1 unspecified atom stereocenters. The van der Waals surface area contributed by atoms with Crippen molar-refractivity contribution in [3.8, 4) is 11.3 Å². The zero-order chi connectivity index (χ0) is 23.0. The van der Waals surface area contributed by atoms with Gasteiger partial charge in [0, 0.05) is 22.5 Å². The van der Waals surface area contributed by atoms with Crippen molar-refractivity contribution in [1.29, 1.82) is 0 Å². The number of aryl methyl sites for hydroxylation is 1. The average molecular weight is 445 g/mol. The molecular formula is C23H19F4N3O2. The first-order valence-electron chi connectivity index (χ1n) is 9.82. The number of nitrogens with zero attached hydrogens (tertiary/aromatic N) is 1. The van der Waals surface area contributed by atoms with Crippen LogP contribution < -0.4 is 5.32 Å². The van der Waals surface area contributed by atoms with E-state index in [4.69, 9.17) is 4.52 Å². The van der Waals surface area contributed by atoms with Crippen molar-refractivity contribution < 1.29 is 26.9 Å². The smallest absolute Gasteiger partial charge is 0.359 e. The zero-order valence-corrected chi connectivity index (χ0v) is 17.2. The van der Waals surface area contributed by atoms with E-state index in [9.17, 15) is 22.4 Å². The molecule has 1 amide bonds. The number of nitrogens with one attached hydrogen (secondary N) is 2. The molecule has 0 fully saturated rings. The summed E-state index contributed by atoms with van der Waals surface area (Å²) in [4.78, 5) is 15.9. The Kier molecular flexibility index (Phi) is 5.50. The Labute approximate surface area is 180 Å². The molecule has 0 aliphatic carbocycles. The third-order valence-corrected chi connectivity index (χ3v) is 5.24. The zero-order valence-electron chi connectivity index (χ0n) is 17.2. The summed E-state index contributed by atoms with van der Waals surface area (Å²) in [6, 6.07) is 10.6. The topological polar surface area (TPSA) is 70.9 Å². The quantitative estimate of drug-likeness (QED) is 0.387. The summed E-state index contributed by atoms with van der Waals surface area (Å²) < 4.78 is 60.1. The lowest BCUT2D eigenvalue weighted by atomic mass is 9.92. The summed E-state index contributed by atoms with van der Waals surface area (Å²) in [7, 11) is 0. The van der Waals surface area contributed by atoms with E-state index in [1.54, 1.807) is 19.9 Å². The van der Waals surface area contributed by atoms with Gasteiger partial charge in [-0.2, -0.15) is 13.2 Å². The SMILES string of the molecule is Cc1cc(CNC(=O)C(C)c2c(-c3ccccc3C(F)(F)F)[nH]c3ccc(F)cc23)on1. The number of halogens is 4. The molecule has 2 aromatic heterocycles. The number of rotatable bonds is 5. The molecule has 0 radical (unpaired) electrons. The molecule has 0 saturated heterocycles. The monoisotopic (exact) mass is 445 g/mol. The normalized spacial score (nSPS) is 12.8. The summed E-state index contributed by atoms with van der Waals surface area (Å²) in [6.07, 6.45) is -4.61. The third kappa shape index (κ3) is 4.10. The molecule has 5 nitrogen and oxygen atoms in total. The molecule has 166 valence electrons. The maximum Gasteiger partial charge on any atom is 0.417 e. The minimum atomic E-state index is -4.61. The van der Waals surface area contributed by atoms with Gasteiger partial charge in [-0.1, -0.05) is 23.4 Å². The number of amides is 1. The predicted octanol–water partition coefficient (Wildman–Crippen LogP) is 5.71. The number of aromatic nitrogens is 2. The summed E-state index contributed by atoms with van der Waals surface area (Å²) in [6.45, 7) is 3.37. The van der Waals surface area contributed by atoms with Gasteiger partial charge in [-0.15, -0.1) is 0 Å². The third-order valence-electron chi connectivity index (χ3n) is 5.24. The van der Waals surface area contributed by atoms with Crippen LogP contribution in [0.5, 0.6) is 0 Å². The average Bonchev–Trinajstić information content (AvgIpc) is 3.33. The van der Waals surface area contributed by atoms with Crippen molar-refractivity contribution in [1.82, 2.24) is 15.5 Å². The van der Waals surface area contributed by atoms with Crippen molar-refractivity contribution in [2.75, 3.05) is 0 Å². The lowest BCUT2D eigenvalue weighted by Gasteiger charge is -2.17. The molecule has 2 aromatic carbocycles. The van der Waals surface area contributed by atoms with E-state index in [1.165, 1.54) is 36.4 Å². The highest BCUT2D eigenvalue weighted by Gasteiger charge is 2.35. The molecule has 0 bridgehead atoms. The van der Waals surface area contributed by atoms with Crippen LogP contribution in [0.3, 0.4) is 0 Å². The first-order valence-corrected chi connectivity index (χ1v) is 9.82. The molecule has 0 saturated carbocycles. The van der Waals surface area contributed by atoms with Gasteiger partial charge in [0.15, 0.2) is 5.76 Å². The number of hydrogen-bond acceptors (Lipinski definition) is 3. The highest BCUT2D eigenvalue weighted by molar-refractivity contribution is 5.97. The molecule has 0 spiro atoms. The molecular weight excluding hydrogens is 426 g/mol. The summed E-state index contributed by atoms with van der Waals surface area (Å²) in [5, 5.41) is 6.79. The number of fused-ring (bicyclic) bond motifs is 1. The number of carbonyl (C=O) groups excluding carboxylic acids is 1. The van der Waals surface area contributed by atoms with Gasteiger partial charge in [0.1, 0.15) is 5.82 Å². The number of benzene rings is 2. The van der Waals surface area contributed by atoms with E-state index in [0.29, 0.717) is 22.4 Å². The number of carbonyl (C=O) groups is 1. The lowest BCUT2D eigenvalue weighted by molar-refractivity contribution is -0.137. The Hall–Kier alpha value is -3.62. The van der Waals surface area contributed by atoms with E-state index in [-0.39, 0.29) is 23.4 Å². The van der Waals surface area contributed by atoms with E-state index < -0.39 is 29.4 Å². The van der Waals surface area contributed by atoms with Gasteiger partial charge in [0.2, 0.25) is 5.91 Å². The lowest BCUT2D eigenvalue weighted by Crippen LogP contribution is -2.27. The van der Waals surface area contributed by atoms with Crippen LogP contribution >= 0.6 is 0 Å². The molecule has 32 heavy (non-hydrogen) atoms. The van der Waals surface area contributed by atoms with Crippen LogP contribution in [0.4, 0.5) is 17.6 Å². The molecule has 9 heteroatoms. The first kappa shape index (κ1) is 21.6. The van der Waals surface area contributed by atoms with Crippen LogP contribution in [0.15, 0.2) is 53.1 Å². The van der Waals surface area contributed by atoms with Gasteiger partial charge >= 0.3 is 6.18 Å². The van der Waals surface area contributed by atoms with Crippen LogP contribution in [-0.2, 0) is 17.5 Å². The molecule has 0 aliphatic heterocycles. The van der Waals surface area contributed by atoms with Crippen molar-refractivity contribution in [2.45, 2.75) is 32.5 Å². The van der Waals surface area contributed by atoms with Crippen LogP contribution in [0, 0.1) is 12.7 Å². The van der Waals surface area contributed by atoms with E-state index in [0.717, 1.165) is 6.07 Å². The highest BCUT2D eigenvalue weighted by Crippen LogP contribution is 2.42. The minimum absolute atomic E-state index is 0.0647. The Morgan fingerprint density at radius 1 is 1.19 bits per heavy atom. The fourth-order valence-electron chi connectivity index (χ4n) is 3.75. The fourth-order valence-corrected chi connectivity index (χ4v) is 3.75. The largest absolute Gasteiger partial charge is 0.417 e. The van der Waals surface area contributed by atoms with E-state index >= 15 is 0 Å². The minimum Gasteiger partial charge on any atom is -0.359 e. The summed E-state index contributed by atoms with van der Waals surface area (Å²) >= 11 is 0. The van der Waals surface area contributed by atoms with Crippen molar-refractivity contribution in [2.24, 2.45) is 0 Å². The highest BCUT2D eigenvalue weighted by atomic mass is 19.4. The molecule has 4 rings (SSSR count). The van der Waals surface area contributed by atoms with Gasteiger partial charge in [-0.3, -0.25) is 4.79 Å². The summed E-state index contributed by atoms with van der Waals surface area (Å²) in [5.74, 6) is -1.45. The summed E-state index contributed by atoms with van der Waals surface area (Å²) in [5.41, 5.74) is 0.522. The number of aromatic amines is 1. The van der Waals surface area contributed by atoms with Crippen LogP contribution in [0.1, 0.15) is 35.4 Å². The van der Waals surface area contributed by atoms with E-state index in [2.05, 4.69) is 15.5 Å². The van der Waals surface area contributed by atoms with Crippen LogP contribution in [-0.4, -0.2) is 16.0 Å². The Morgan fingerprint density at radius 3 is 2.62 bits per heavy atom. The molecule has 2 N–H and O–H groups in total. The standard InChI is InChI=1S/C23H19F4N3O2/c1-12-9-15(32-30-12)11-28-22(31)13(2)20-17-10-14(24)7-8-19(17)29-21(20)16-5-3-4-6-18(16)23(25,26)27/h3-10,13,29H,11H2,1-2H3,(H,28,31). The first-order chi connectivity index (χ1) is 15.1. The van der Waals surface area contributed by atoms with Gasteiger partial charge in [-0.05, 0) is 43.7 Å². The molecule has 4 aromatic rings. The Balaban J connectivity index is 1.80.